The van der Waals surface area contributed by atoms with E-state index in [0.29, 0.717) is 23.7 Å². The number of benzene rings is 2. The van der Waals surface area contributed by atoms with Gasteiger partial charge in [0.15, 0.2) is 5.76 Å². The quantitative estimate of drug-likeness (QED) is 0.404. The van der Waals surface area contributed by atoms with Crippen molar-refractivity contribution in [3.8, 4) is 11.3 Å². The minimum atomic E-state index is -0.762. The molecule has 3 aromatic rings. The largest absolute Gasteiger partial charge is 0.481 e. The maximum Gasteiger partial charge on any atom is 0.412 e. The van der Waals surface area contributed by atoms with Gasteiger partial charge in [0.05, 0.1) is 18.6 Å². The number of ether oxygens (including phenoxy) is 2. The van der Waals surface area contributed by atoms with Crippen molar-refractivity contribution in [1.82, 2.24) is 5.16 Å². The van der Waals surface area contributed by atoms with Gasteiger partial charge in [0, 0.05) is 11.0 Å². The van der Waals surface area contributed by atoms with Gasteiger partial charge in [-0.1, -0.05) is 59.8 Å². The fourth-order valence-electron chi connectivity index (χ4n) is 5.41. The molecule has 2 saturated heterocycles. The van der Waals surface area contributed by atoms with E-state index in [2.05, 4.69) is 10.5 Å². The Bertz CT molecular complexity index is 1230. The molecule has 1 saturated carbocycles. The van der Waals surface area contributed by atoms with E-state index in [9.17, 15) is 14.7 Å². The second-order valence-electron chi connectivity index (χ2n) is 9.99. The maximum atomic E-state index is 12.6. The van der Waals surface area contributed by atoms with Crippen LogP contribution < -0.4 is 5.32 Å². The Hall–Kier alpha value is -3.65. The summed E-state index contributed by atoms with van der Waals surface area (Å²) in [6.07, 6.45) is 2.47. The predicted octanol–water partition coefficient (Wildman–Crippen LogP) is 6.22. The molecule has 1 amide bonds. The summed E-state index contributed by atoms with van der Waals surface area (Å²) in [5.74, 6) is -0.308. The SMILES string of the molecule is Cc1noc(-c2ccc(C34CCC(CC(=O)O)(CC3)CO4)cc2)c1NC(=O)O[C@H](C)c1ccccc1. The van der Waals surface area contributed by atoms with Gasteiger partial charge in [0.25, 0.3) is 0 Å². The first-order chi connectivity index (χ1) is 17.3. The Balaban J connectivity index is 1.29. The summed E-state index contributed by atoms with van der Waals surface area (Å²) in [7, 11) is 0. The van der Waals surface area contributed by atoms with E-state index in [4.69, 9.17) is 14.0 Å². The van der Waals surface area contributed by atoms with Gasteiger partial charge in [-0.3, -0.25) is 10.1 Å². The first-order valence-corrected chi connectivity index (χ1v) is 12.2. The monoisotopic (exact) mass is 490 g/mol. The topological polar surface area (TPSA) is 111 Å². The van der Waals surface area contributed by atoms with Gasteiger partial charge in [-0.2, -0.15) is 0 Å². The van der Waals surface area contributed by atoms with E-state index in [0.717, 1.165) is 42.4 Å². The number of aromatic nitrogens is 1. The highest BCUT2D eigenvalue weighted by Gasteiger charge is 2.51. The standard InChI is InChI=1S/C28H30N2O6/c1-18-24(29-26(33)35-19(2)20-6-4-3-5-7-20)25(36-30-18)21-8-10-22(11-9-21)28-14-12-27(13-15-28,17-34-28)16-23(31)32/h3-11,19H,12-17H2,1-2H3,(H,29,33)(H,31,32)/t19-,27?,28?/m1/s1. The normalized spacial score (nSPS) is 23.7. The van der Waals surface area contributed by atoms with Gasteiger partial charge < -0.3 is 19.1 Å². The highest BCUT2D eigenvalue weighted by molar-refractivity contribution is 5.90. The van der Waals surface area contributed by atoms with Crippen molar-refractivity contribution in [2.45, 2.75) is 57.7 Å². The lowest BCUT2D eigenvalue weighted by atomic mass is 9.63. The number of anilines is 1. The average molecular weight is 491 g/mol. The number of carboxylic acid groups (broad SMARTS) is 1. The number of aryl methyl sites for hydroxylation is 1. The van der Waals surface area contributed by atoms with E-state index in [1.54, 1.807) is 6.92 Å². The first-order valence-electron chi connectivity index (χ1n) is 12.2. The van der Waals surface area contributed by atoms with Crippen molar-refractivity contribution in [2.24, 2.45) is 5.41 Å². The lowest BCUT2D eigenvalue weighted by Crippen LogP contribution is -2.50. The molecule has 2 aromatic carbocycles. The van der Waals surface area contributed by atoms with Crippen molar-refractivity contribution in [1.29, 1.82) is 0 Å². The molecule has 188 valence electrons. The van der Waals surface area contributed by atoms with Crippen LogP contribution in [0.4, 0.5) is 10.5 Å². The third-order valence-electron chi connectivity index (χ3n) is 7.61. The first kappa shape index (κ1) is 24.1. The van der Waals surface area contributed by atoms with Crippen LogP contribution in [0.1, 0.15) is 62.0 Å². The molecule has 3 heterocycles. The molecule has 0 radical (unpaired) electrons. The van der Waals surface area contributed by atoms with Gasteiger partial charge in [0.1, 0.15) is 17.5 Å². The summed E-state index contributed by atoms with van der Waals surface area (Å²) in [4.78, 5) is 23.9. The lowest BCUT2D eigenvalue weighted by molar-refractivity contribution is -0.195. The zero-order valence-corrected chi connectivity index (χ0v) is 20.5. The summed E-state index contributed by atoms with van der Waals surface area (Å²) in [6, 6.07) is 17.4. The maximum absolute atomic E-state index is 12.6. The van der Waals surface area contributed by atoms with Crippen molar-refractivity contribution < 1.29 is 28.7 Å². The molecule has 1 aromatic heterocycles. The van der Waals surface area contributed by atoms with E-state index in [1.807, 2.05) is 61.5 Å². The van der Waals surface area contributed by atoms with Crippen LogP contribution in [-0.4, -0.2) is 28.9 Å². The number of carboxylic acids is 1. The molecule has 2 bridgehead atoms. The van der Waals surface area contributed by atoms with Crippen LogP contribution in [0.25, 0.3) is 11.3 Å². The highest BCUT2D eigenvalue weighted by Crippen LogP contribution is 2.55. The van der Waals surface area contributed by atoms with Crippen molar-refractivity contribution in [3.63, 3.8) is 0 Å². The van der Waals surface area contributed by atoms with Crippen LogP contribution in [0.3, 0.4) is 0 Å². The van der Waals surface area contributed by atoms with Crippen molar-refractivity contribution >= 4 is 17.7 Å². The second kappa shape index (κ2) is 9.43. The zero-order valence-electron chi connectivity index (χ0n) is 20.5. The third kappa shape index (κ3) is 4.60. The molecule has 36 heavy (non-hydrogen) atoms. The van der Waals surface area contributed by atoms with Gasteiger partial charge in [0.2, 0.25) is 0 Å². The third-order valence-corrected chi connectivity index (χ3v) is 7.61. The smallest absolute Gasteiger partial charge is 0.412 e. The molecule has 8 nitrogen and oxygen atoms in total. The number of carbonyl (C=O) groups excluding carboxylic acids is 1. The van der Waals surface area contributed by atoms with Crippen molar-refractivity contribution in [3.05, 3.63) is 71.4 Å². The zero-order chi connectivity index (χ0) is 25.3. The Morgan fingerprint density at radius 1 is 1.08 bits per heavy atom. The van der Waals surface area contributed by atoms with Crippen LogP contribution in [-0.2, 0) is 19.9 Å². The van der Waals surface area contributed by atoms with Crippen LogP contribution >= 0.6 is 0 Å². The molecular weight excluding hydrogens is 460 g/mol. The number of aliphatic carboxylic acids is 1. The number of carbonyl (C=O) groups is 2. The van der Waals surface area contributed by atoms with Crippen LogP contribution in [0.5, 0.6) is 0 Å². The van der Waals surface area contributed by atoms with E-state index < -0.39 is 18.2 Å². The fourth-order valence-corrected chi connectivity index (χ4v) is 5.41. The van der Waals surface area contributed by atoms with Crippen LogP contribution in [0.2, 0.25) is 0 Å². The molecule has 2 aliphatic heterocycles. The Kier molecular flexibility index (Phi) is 6.30. The summed E-state index contributed by atoms with van der Waals surface area (Å²) >= 11 is 0. The van der Waals surface area contributed by atoms with Gasteiger partial charge in [-0.15, -0.1) is 0 Å². The van der Waals surface area contributed by atoms with E-state index in [1.165, 1.54) is 0 Å². The fraction of sp³-hybridized carbons (Fsp3) is 0.393. The molecule has 3 aliphatic rings. The molecule has 8 heteroatoms. The molecule has 1 atom stereocenters. The highest BCUT2D eigenvalue weighted by atomic mass is 16.6. The number of hydrogen-bond acceptors (Lipinski definition) is 6. The molecule has 0 unspecified atom stereocenters. The van der Waals surface area contributed by atoms with E-state index >= 15 is 0 Å². The van der Waals surface area contributed by atoms with Gasteiger partial charge in [-0.05, 0) is 50.7 Å². The Morgan fingerprint density at radius 2 is 1.78 bits per heavy atom. The number of fused-ring (bicyclic) bond motifs is 3. The molecule has 6 rings (SSSR count). The molecule has 1 aliphatic carbocycles. The summed E-state index contributed by atoms with van der Waals surface area (Å²) < 4.78 is 17.4. The van der Waals surface area contributed by atoms with Crippen molar-refractivity contribution in [2.75, 3.05) is 11.9 Å². The van der Waals surface area contributed by atoms with Crippen LogP contribution in [0, 0.1) is 12.3 Å². The number of nitrogens with one attached hydrogen (secondary N) is 1. The second-order valence-corrected chi connectivity index (χ2v) is 9.99. The lowest BCUT2D eigenvalue weighted by Gasteiger charge is -2.53. The van der Waals surface area contributed by atoms with E-state index in [-0.39, 0.29) is 17.4 Å². The minimum Gasteiger partial charge on any atom is -0.481 e. The molecule has 2 N–H and O–H groups in total. The van der Waals surface area contributed by atoms with Crippen LogP contribution in [0.15, 0.2) is 59.1 Å². The Labute approximate surface area is 209 Å². The summed E-state index contributed by atoms with van der Waals surface area (Å²) in [5, 5.41) is 16.1. The number of nitrogens with zero attached hydrogens (tertiary/aromatic N) is 1. The predicted molar refractivity (Wildman–Crippen MR) is 132 cm³/mol. The molecule has 0 spiro atoms. The van der Waals surface area contributed by atoms with Gasteiger partial charge in [-0.25, -0.2) is 4.79 Å². The summed E-state index contributed by atoms with van der Waals surface area (Å²) in [5.41, 5.74) is 3.14. The minimum absolute atomic E-state index is 0.162. The van der Waals surface area contributed by atoms with Gasteiger partial charge >= 0.3 is 12.1 Å². The molecular formula is C28H30N2O6. The number of hydrogen-bond donors (Lipinski definition) is 2. The number of rotatable bonds is 7. The summed E-state index contributed by atoms with van der Waals surface area (Å²) in [6.45, 7) is 4.05. The number of amides is 1. The average Bonchev–Trinajstić information content (AvgIpc) is 3.24. The molecule has 3 fully saturated rings. The Morgan fingerprint density at radius 3 is 2.39 bits per heavy atom.